The molecule has 3 aromatic rings. The van der Waals surface area contributed by atoms with Gasteiger partial charge >= 0.3 is 0 Å². The van der Waals surface area contributed by atoms with Crippen LogP contribution in [0.25, 0.3) is 5.65 Å². The van der Waals surface area contributed by atoms with Gasteiger partial charge in [0, 0.05) is 17.9 Å². The molecule has 2 aromatic heterocycles. The Hall–Kier alpha value is -3.19. The van der Waals surface area contributed by atoms with Crippen molar-refractivity contribution in [2.45, 2.75) is 30.5 Å². The summed E-state index contributed by atoms with van der Waals surface area (Å²) in [5, 5.41) is 16.3. The lowest BCUT2D eigenvalue weighted by Gasteiger charge is -2.27. The first-order valence-electron chi connectivity index (χ1n) is 9.84. The lowest BCUT2D eigenvalue weighted by Crippen LogP contribution is -2.27. The Bertz CT molecular complexity index is 1170. The largest absolute Gasteiger partial charge is 0.345 e. The van der Waals surface area contributed by atoms with Crippen molar-refractivity contribution in [3.8, 4) is 6.19 Å². The van der Waals surface area contributed by atoms with Crippen LogP contribution in [0, 0.1) is 17.3 Å². The third-order valence-electron chi connectivity index (χ3n) is 5.18. The van der Waals surface area contributed by atoms with E-state index in [0.29, 0.717) is 29.5 Å². The lowest BCUT2D eigenvalue weighted by atomic mass is 10.0. The molecular weight excluding hydrogens is 420 g/mol. The van der Waals surface area contributed by atoms with Crippen LogP contribution in [-0.2, 0) is 0 Å². The summed E-state index contributed by atoms with van der Waals surface area (Å²) in [6.45, 7) is 2.50. The van der Waals surface area contributed by atoms with Crippen LogP contribution in [0.15, 0.2) is 46.4 Å². The third kappa shape index (κ3) is 4.05. The number of halogens is 2. The number of alkyl halides is 1. The highest BCUT2D eigenvalue weighted by Gasteiger charge is 2.36. The Kier molecular flexibility index (Phi) is 6.04. The van der Waals surface area contributed by atoms with Crippen LogP contribution in [0.4, 0.5) is 14.6 Å². The van der Waals surface area contributed by atoms with Gasteiger partial charge in [0.05, 0.1) is 18.8 Å². The van der Waals surface area contributed by atoms with E-state index in [1.54, 1.807) is 28.9 Å². The van der Waals surface area contributed by atoms with Crippen LogP contribution in [0.3, 0.4) is 0 Å². The lowest BCUT2D eigenvalue weighted by molar-refractivity contribution is 0.356. The molecule has 0 spiro atoms. The van der Waals surface area contributed by atoms with Crippen molar-refractivity contribution in [3.05, 3.63) is 53.6 Å². The number of aromatic nitrogens is 3. The standard InChI is InChI=1S/C21H21F2N7S/c1-3-25-21(27-12-24)17-10-26-19-6-7-20(28-30(17)19)29-11-14(23)9-16(29)15-8-13(22)4-5-18(15)31-2/h4-8,10,14,16H,3,9,11H2,1-2H3,(H,25,27). The molecule has 1 aromatic carbocycles. The van der Waals surface area contributed by atoms with Crippen LogP contribution in [0.1, 0.15) is 30.6 Å². The molecule has 7 nitrogen and oxygen atoms in total. The SMILES string of the molecule is CCN=C(NC#N)c1cnc2ccc(N3CC(F)CC3c3cc(F)ccc3SC)nn12. The van der Waals surface area contributed by atoms with Crippen molar-refractivity contribution < 1.29 is 8.78 Å². The first-order valence-corrected chi connectivity index (χ1v) is 11.1. The molecule has 31 heavy (non-hydrogen) atoms. The van der Waals surface area contributed by atoms with Crippen molar-refractivity contribution in [1.29, 1.82) is 5.26 Å². The fourth-order valence-electron chi connectivity index (χ4n) is 3.87. The Morgan fingerprint density at radius 3 is 2.97 bits per heavy atom. The number of hydrogen-bond acceptors (Lipinski definition) is 6. The molecule has 0 bridgehead atoms. The van der Waals surface area contributed by atoms with Crippen LogP contribution in [0.5, 0.6) is 0 Å². The van der Waals surface area contributed by atoms with E-state index in [0.717, 1.165) is 10.5 Å². The fourth-order valence-corrected chi connectivity index (χ4v) is 4.51. The summed E-state index contributed by atoms with van der Waals surface area (Å²) in [6.07, 6.45) is 4.59. The molecule has 10 heteroatoms. The van der Waals surface area contributed by atoms with E-state index in [1.165, 1.54) is 23.9 Å². The molecule has 1 N–H and O–H groups in total. The average molecular weight is 442 g/mol. The Morgan fingerprint density at radius 1 is 1.39 bits per heavy atom. The molecule has 1 aliphatic rings. The molecular formula is C21H21F2N7S. The van der Waals surface area contributed by atoms with E-state index < -0.39 is 6.17 Å². The quantitative estimate of drug-likeness (QED) is 0.214. The number of benzene rings is 1. The normalized spacial score (nSPS) is 19.1. The predicted molar refractivity (Wildman–Crippen MR) is 117 cm³/mol. The average Bonchev–Trinajstić information content (AvgIpc) is 3.36. The number of fused-ring (bicyclic) bond motifs is 1. The number of hydrogen-bond donors (Lipinski definition) is 1. The second kappa shape index (κ2) is 8.89. The van der Waals surface area contributed by atoms with Gasteiger partial charge in [0.15, 0.2) is 17.7 Å². The smallest absolute Gasteiger partial charge is 0.182 e. The van der Waals surface area contributed by atoms with Crippen molar-refractivity contribution in [3.63, 3.8) is 0 Å². The van der Waals surface area contributed by atoms with Gasteiger partial charge in [0.2, 0.25) is 0 Å². The molecule has 2 unspecified atom stereocenters. The van der Waals surface area contributed by atoms with E-state index >= 15 is 0 Å². The third-order valence-corrected chi connectivity index (χ3v) is 5.99. The Balaban J connectivity index is 1.78. The maximum absolute atomic E-state index is 14.5. The van der Waals surface area contributed by atoms with Gasteiger partial charge in [-0.25, -0.2) is 18.3 Å². The topological polar surface area (TPSA) is 81.6 Å². The number of imidazole rings is 1. The summed E-state index contributed by atoms with van der Waals surface area (Å²) in [5.74, 6) is 0.553. The minimum atomic E-state index is -1.06. The van der Waals surface area contributed by atoms with E-state index in [1.807, 2.05) is 24.3 Å². The van der Waals surface area contributed by atoms with Crippen molar-refractivity contribution in [2.75, 3.05) is 24.2 Å². The van der Waals surface area contributed by atoms with Gasteiger partial charge in [-0.05, 0) is 49.1 Å². The summed E-state index contributed by atoms with van der Waals surface area (Å²) in [4.78, 5) is 11.4. The Morgan fingerprint density at radius 2 is 2.23 bits per heavy atom. The van der Waals surface area contributed by atoms with Crippen molar-refractivity contribution in [1.82, 2.24) is 19.9 Å². The number of aliphatic imine (C=N–C) groups is 1. The molecule has 0 saturated carbocycles. The summed E-state index contributed by atoms with van der Waals surface area (Å²) in [6, 6.07) is 7.84. The minimum Gasteiger partial charge on any atom is -0.345 e. The van der Waals surface area contributed by atoms with Gasteiger partial charge in [-0.3, -0.25) is 10.3 Å². The van der Waals surface area contributed by atoms with Gasteiger partial charge < -0.3 is 4.90 Å². The molecule has 4 rings (SSSR count). The van der Waals surface area contributed by atoms with Crippen molar-refractivity contribution in [2.24, 2.45) is 4.99 Å². The molecule has 1 saturated heterocycles. The maximum Gasteiger partial charge on any atom is 0.182 e. The first-order chi connectivity index (χ1) is 15.0. The molecule has 1 aliphatic heterocycles. The summed E-state index contributed by atoms with van der Waals surface area (Å²) in [7, 11) is 0. The molecule has 160 valence electrons. The first kappa shape index (κ1) is 21.1. The van der Waals surface area contributed by atoms with Crippen LogP contribution in [0.2, 0.25) is 0 Å². The van der Waals surface area contributed by atoms with Crippen LogP contribution < -0.4 is 10.2 Å². The minimum absolute atomic E-state index is 0.157. The monoisotopic (exact) mass is 441 g/mol. The zero-order valence-corrected chi connectivity index (χ0v) is 17.9. The van der Waals surface area contributed by atoms with Gasteiger partial charge in [-0.15, -0.1) is 16.9 Å². The highest BCUT2D eigenvalue weighted by Crippen LogP contribution is 2.40. The highest BCUT2D eigenvalue weighted by atomic mass is 32.2. The number of anilines is 1. The molecule has 0 aliphatic carbocycles. The molecule has 0 amide bonds. The number of nitriles is 1. The van der Waals surface area contributed by atoms with Gasteiger partial charge in [0.25, 0.3) is 0 Å². The second-order valence-corrected chi connectivity index (χ2v) is 7.90. The molecule has 2 atom stereocenters. The maximum atomic E-state index is 14.5. The van der Waals surface area contributed by atoms with E-state index in [4.69, 9.17) is 5.26 Å². The number of nitrogens with one attached hydrogen (secondary N) is 1. The predicted octanol–water partition coefficient (Wildman–Crippen LogP) is 3.72. The van der Waals surface area contributed by atoms with E-state index in [2.05, 4.69) is 20.4 Å². The van der Waals surface area contributed by atoms with Crippen molar-refractivity contribution >= 4 is 29.1 Å². The van der Waals surface area contributed by atoms with Gasteiger partial charge in [-0.1, -0.05) is 0 Å². The van der Waals surface area contributed by atoms with E-state index in [-0.39, 0.29) is 24.8 Å². The molecule has 3 heterocycles. The number of thioether (sulfide) groups is 1. The number of nitrogens with zero attached hydrogens (tertiary/aromatic N) is 6. The van der Waals surface area contributed by atoms with E-state index in [9.17, 15) is 8.78 Å². The molecule has 1 fully saturated rings. The summed E-state index contributed by atoms with van der Waals surface area (Å²) >= 11 is 1.50. The summed E-state index contributed by atoms with van der Waals surface area (Å²) in [5.41, 5.74) is 1.86. The van der Waals surface area contributed by atoms with Gasteiger partial charge in [-0.2, -0.15) is 5.26 Å². The van der Waals surface area contributed by atoms with Crippen LogP contribution >= 0.6 is 11.8 Å². The highest BCUT2D eigenvalue weighted by molar-refractivity contribution is 7.98. The fraction of sp³-hybridized carbons (Fsp3) is 0.333. The van der Waals surface area contributed by atoms with Crippen LogP contribution in [-0.4, -0.2) is 46.0 Å². The number of amidine groups is 1. The zero-order valence-electron chi connectivity index (χ0n) is 17.1. The second-order valence-electron chi connectivity index (χ2n) is 7.05. The zero-order chi connectivity index (χ0) is 22.0. The van der Waals surface area contributed by atoms with Gasteiger partial charge in [0.1, 0.15) is 23.5 Å². The molecule has 0 radical (unpaired) electrons. The summed E-state index contributed by atoms with van der Waals surface area (Å²) < 4.78 is 30.1. The Labute approximate surface area is 182 Å². The number of rotatable bonds is 5.